The molecule has 0 aliphatic carbocycles. The molecule has 4 rings (SSSR count). The molecule has 6 heteroatoms. The highest BCUT2D eigenvalue weighted by molar-refractivity contribution is 6.30. The molecule has 1 amide bonds. The summed E-state index contributed by atoms with van der Waals surface area (Å²) < 4.78 is 17.1. The molecule has 4 aromatic rings. The summed E-state index contributed by atoms with van der Waals surface area (Å²) in [4.78, 5) is 12.6. The van der Waals surface area contributed by atoms with E-state index >= 15 is 0 Å². The van der Waals surface area contributed by atoms with Crippen LogP contribution in [0.4, 0.5) is 0 Å². The number of hydrogen-bond donors (Lipinski definition) is 1. The zero-order valence-electron chi connectivity index (χ0n) is 19.4. The minimum Gasteiger partial charge on any atom is -0.497 e. The van der Waals surface area contributed by atoms with Crippen LogP contribution < -0.4 is 14.8 Å². The smallest absolute Gasteiger partial charge is 0.244 e. The number of fused-ring (bicyclic) bond motifs is 1. The van der Waals surface area contributed by atoms with Gasteiger partial charge in [0.05, 0.1) is 20.0 Å². The molecule has 0 aliphatic heterocycles. The van der Waals surface area contributed by atoms with Gasteiger partial charge in [-0.1, -0.05) is 35.9 Å². The number of methoxy groups -OCH3 is 1. The number of furan rings is 1. The number of ether oxygens (including phenoxy) is 2. The average Bonchev–Trinajstić information content (AvgIpc) is 3.26. The lowest BCUT2D eigenvalue weighted by Crippen LogP contribution is -2.20. The van der Waals surface area contributed by atoms with Gasteiger partial charge in [-0.2, -0.15) is 0 Å². The van der Waals surface area contributed by atoms with Crippen LogP contribution in [0.25, 0.3) is 27.7 Å². The number of carbonyl (C=O) groups is 1. The van der Waals surface area contributed by atoms with E-state index < -0.39 is 0 Å². The van der Waals surface area contributed by atoms with E-state index in [9.17, 15) is 4.79 Å². The maximum atomic E-state index is 12.6. The SMILES string of the molecule is CCOc1cc2occ(-c3cccc(OC)c3)c2cc1/C(C)=C/C(=O)NCc1ccc(Cl)cc1. The first-order valence-corrected chi connectivity index (χ1v) is 11.4. The Morgan fingerprint density at radius 1 is 1.12 bits per heavy atom. The predicted molar refractivity (Wildman–Crippen MR) is 136 cm³/mol. The van der Waals surface area contributed by atoms with E-state index in [0.29, 0.717) is 29.5 Å². The van der Waals surface area contributed by atoms with Crippen molar-refractivity contribution in [1.82, 2.24) is 5.32 Å². The highest BCUT2D eigenvalue weighted by Crippen LogP contribution is 2.38. The van der Waals surface area contributed by atoms with E-state index in [1.165, 1.54) is 0 Å². The number of benzene rings is 3. The van der Waals surface area contributed by atoms with Crippen molar-refractivity contribution in [1.29, 1.82) is 0 Å². The third-order valence-corrected chi connectivity index (χ3v) is 5.76. The fourth-order valence-electron chi connectivity index (χ4n) is 3.77. The first kappa shape index (κ1) is 23.5. The molecule has 0 spiro atoms. The molecule has 0 atom stereocenters. The Balaban J connectivity index is 1.65. The summed E-state index contributed by atoms with van der Waals surface area (Å²) >= 11 is 5.93. The van der Waals surface area contributed by atoms with Crippen LogP contribution in [0.15, 0.2) is 77.4 Å². The summed E-state index contributed by atoms with van der Waals surface area (Å²) in [5, 5.41) is 4.52. The molecule has 0 unspecified atom stereocenters. The zero-order valence-corrected chi connectivity index (χ0v) is 20.1. The molecule has 1 N–H and O–H groups in total. The molecule has 174 valence electrons. The largest absolute Gasteiger partial charge is 0.497 e. The maximum absolute atomic E-state index is 12.6. The van der Waals surface area contributed by atoms with Crippen molar-refractivity contribution < 1.29 is 18.7 Å². The van der Waals surface area contributed by atoms with Gasteiger partial charge in [-0.3, -0.25) is 4.79 Å². The van der Waals surface area contributed by atoms with E-state index in [-0.39, 0.29) is 5.91 Å². The van der Waals surface area contributed by atoms with Crippen molar-refractivity contribution in [2.45, 2.75) is 20.4 Å². The number of carbonyl (C=O) groups excluding carboxylic acids is 1. The number of allylic oxidation sites excluding steroid dienone is 1. The third-order valence-electron chi connectivity index (χ3n) is 5.51. The molecule has 34 heavy (non-hydrogen) atoms. The molecule has 0 fully saturated rings. The zero-order chi connectivity index (χ0) is 24.1. The number of amides is 1. The van der Waals surface area contributed by atoms with Gasteiger partial charge in [0.25, 0.3) is 0 Å². The van der Waals surface area contributed by atoms with Crippen molar-refractivity contribution in [3.63, 3.8) is 0 Å². The predicted octanol–water partition coefficient (Wildman–Crippen LogP) is 6.88. The number of halogens is 1. The van der Waals surface area contributed by atoms with Crippen LogP contribution in [0.5, 0.6) is 11.5 Å². The Bertz CT molecular complexity index is 1340. The second-order valence-corrected chi connectivity index (χ2v) is 8.27. The van der Waals surface area contributed by atoms with Gasteiger partial charge in [0.1, 0.15) is 17.1 Å². The second-order valence-electron chi connectivity index (χ2n) is 7.83. The monoisotopic (exact) mass is 475 g/mol. The van der Waals surface area contributed by atoms with Gasteiger partial charge >= 0.3 is 0 Å². The Hall–Kier alpha value is -3.70. The normalized spacial score (nSPS) is 11.5. The average molecular weight is 476 g/mol. The summed E-state index contributed by atoms with van der Waals surface area (Å²) in [6, 6.07) is 19.1. The van der Waals surface area contributed by atoms with E-state index in [1.807, 2.05) is 62.4 Å². The van der Waals surface area contributed by atoms with Crippen LogP contribution >= 0.6 is 11.6 Å². The number of hydrogen-bond acceptors (Lipinski definition) is 4. The molecule has 0 saturated carbocycles. The third kappa shape index (κ3) is 5.26. The summed E-state index contributed by atoms with van der Waals surface area (Å²) in [5.74, 6) is 1.25. The van der Waals surface area contributed by atoms with Crippen LogP contribution in [0.3, 0.4) is 0 Å². The molecule has 0 bridgehead atoms. The van der Waals surface area contributed by atoms with Gasteiger partial charge in [-0.15, -0.1) is 0 Å². The molecular weight excluding hydrogens is 450 g/mol. The van der Waals surface area contributed by atoms with E-state index in [4.69, 9.17) is 25.5 Å². The van der Waals surface area contributed by atoms with E-state index in [2.05, 4.69) is 5.32 Å². The minimum atomic E-state index is -0.185. The van der Waals surface area contributed by atoms with Gasteiger partial charge in [-0.25, -0.2) is 0 Å². The molecule has 3 aromatic carbocycles. The lowest BCUT2D eigenvalue weighted by Gasteiger charge is -2.12. The standard InChI is InChI=1S/C28H26ClNO4/c1-4-33-26-15-27-24(25(17-34-27)20-6-5-7-22(13-20)32-3)14-23(26)18(2)12-28(31)30-16-19-8-10-21(29)11-9-19/h5-15,17H,4,16H2,1-3H3,(H,30,31)/b18-12+. The van der Waals surface area contributed by atoms with Crippen LogP contribution in [0, 0.1) is 0 Å². The van der Waals surface area contributed by atoms with Crippen molar-refractivity contribution >= 4 is 34.1 Å². The first-order valence-electron chi connectivity index (χ1n) is 11.0. The summed E-state index contributed by atoms with van der Waals surface area (Å²) in [6.45, 7) is 4.74. The van der Waals surface area contributed by atoms with Gasteiger partial charge < -0.3 is 19.2 Å². The molecule has 5 nitrogen and oxygen atoms in total. The Morgan fingerprint density at radius 2 is 1.91 bits per heavy atom. The fourth-order valence-corrected chi connectivity index (χ4v) is 3.90. The quantitative estimate of drug-likeness (QED) is 0.282. The molecule has 0 saturated heterocycles. The number of rotatable bonds is 8. The van der Waals surface area contributed by atoms with Gasteiger partial charge in [-0.05, 0) is 60.9 Å². The van der Waals surface area contributed by atoms with Crippen molar-refractivity contribution in [2.24, 2.45) is 0 Å². The molecular formula is C28H26ClNO4. The summed E-state index contributed by atoms with van der Waals surface area (Å²) in [5.41, 5.74) is 5.23. The Kier molecular flexibility index (Phi) is 7.24. The lowest BCUT2D eigenvalue weighted by molar-refractivity contribution is -0.116. The summed E-state index contributed by atoms with van der Waals surface area (Å²) in [6.07, 6.45) is 3.32. The summed E-state index contributed by atoms with van der Waals surface area (Å²) in [7, 11) is 1.64. The van der Waals surface area contributed by atoms with Crippen LogP contribution in [0.2, 0.25) is 5.02 Å². The second kappa shape index (κ2) is 10.5. The molecule has 1 heterocycles. The topological polar surface area (TPSA) is 60.7 Å². The van der Waals surface area contributed by atoms with E-state index in [0.717, 1.165) is 39.0 Å². The van der Waals surface area contributed by atoms with Crippen LogP contribution in [-0.4, -0.2) is 19.6 Å². The fraction of sp³-hybridized carbons (Fsp3) is 0.179. The van der Waals surface area contributed by atoms with Crippen LogP contribution in [-0.2, 0) is 11.3 Å². The minimum absolute atomic E-state index is 0.185. The molecule has 0 radical (unpaired) electrons. The maximum Gasteiger partial charge on any atom is 0.244 e. The molecule has 1 aromatic heterocycles. The lowest BCUT2D eigenvalue weighted by atomic mass is 9.99. The van der Waals surface area contributed by atoms with E-state index in [1.54, 1.807) is 31.6 Å². The van der Waals surface area contributed by atoms with Gasteiger partial charge in [0.15, 0.2) is 0 Å². The molecule has 0 aliphatic rings. The highest BCUT2D eigenvalue weighted by Gasteiger charge is 2.15. The Morgan fingerprint density at radius 3 is 2.65 bits per heavy atom. The van der Waals surface area contributed by atoms with Crippen molar-refractivity contribution in [3.05, 3.63) is 89.2 Å². The van der Waals surface area contributed by atoms with Gasteiger partial charge in [0, 0.05) is 40.2 Å². The first-order chi connectivity index (χ1) is 16.5. The van der Waals surface area contributed by atoms with Crippen LogP contribution in [0.1, 0.15) is 25.0 Å². The highest BCUT2D eigenvalue weighted by atomic mass is 35.5. The van der Waals surface area contributed by atoms with Gasteiger partial charge in [0.2, 0.25) is 5.91 Å². The van der Waals surface area contributed by atoms with Crippen molar-refractivity contribution in [2.75, 3.05) is 13.7 Å². The Labute approximate surface area is 203 Å². The number of nitrogens with one attached hydrogen (secondary N) is 1. The van der Waals surface area contributed by atoms with Crippen molar-refractivity contribution in [3.8, 4) is 22.6 Å².